The molecule has 106 valence electrons. The molecule has 2 aromatic carbocycles. The van der Waals surface area contributed by atoms with E-state index in [1.807, 2.05) is 36.5 Å². The summed E-state index contributed by atoms with van der Waals surface area (Å²) in [5, 5.41) is 0.922. The van der Waals surface area contributed by atoms with Crippen LogP contribution in [0, 0.1) is 0 Å². The first-order chi connectivity index (χ1) is 10.3. The number of rotatable bonds is 5. The lowest BCUT2D eigenvalue weighted by molar-refractivity contribution is -0.126. The van der Waals surface area contributed by atoms with Crippen LogP contribution in [0.25, 0.3) is 10.9 Å². The van der Waals surface area contributed by atoms with Crippen molar-refractivity contribution in [2.24, 2.45) is 0 Å². The molecule has 0 aliphatic rings. The molecule has 0 unspecified atom stereocenters. The minimum absolute atomic E-state index is 0.324. The normalized spacial score (nSPS) is 10.5. The number of fused-ring (bicyclic) bond motifs is 1. The van der Waals surface area contributed by atoms with Crippen molar-refractivity contribution in [1.29, 1.82) is 0 Å². The lowest BCUT2D eigenvalue weighted by Crippen LogP contribution is -2.03. The van der Waals surface area contributed by atoms with Crippen molar-refractivity contribution in [3.63, 3.8) is 0 Å². The number of benzene rings is 2. The Morgan fingerprint density at radius 3 is 2.71 bits per heavy atom. The smallest absolute Gasteiger partial charge is 0.320 e. The Labute approximate surface area is 121 Å². The van der Waals surface area contributed by atoms with Crippen molar-refractivity contribution in [2.75, 3.05) is 11.2 Å². The molecule has 21 heavy (non-hydrogen) atoms. The number of nitrogen functional groups attached to an aromatic ring is 1. The third-order valence-electron chi connectivity index (χ3n) is 3.41. The Hall–Kier alpha value is -2.95. The third kappa shape index (κ3) is 2.53. The first kappa shape index (κ1) is 13.1. The fourth-order valence-electron chi connectivity index (χ4n) is 2.39. The van der Waals surface area contributed by atoms with Gasteiger partial charge in [0, 0.05) is 18.1 Å². The Kier molecular flexibility index (Phi) is 3.47. The van der Waals surface area contributed by atoms with E-state index in [0.717, 1.165) is 17.4 Å². The van der Waals surface area contributed by atoms with Gasteiger partial charge in [-0.3, -0.25) is 4.79 Å². The van der Waals surface area contributed by atoms with E-state index in [1.165, 1.54) is 5.56 Å². The second-order valence-electron chi connectivity index (χ2n) is 4.70. The Morgan fingerprint density at radius 1 is 1.14 bits per heavy atom. The van der Waals surface area contributed by atoms with Crippen LogP contribution < -0.4 is 11.2 Å². The fourth-order valence-corrected chi connectivity index (χ4v) is 2.39. The molecule has 1 heterocycles. The molecule has 0 amide bonds. The maximum atomic E-state index is 10.2. The van der Waals surface area contributed by atoms with Crippen LogP contribution in [0.15, 0.2) is 54.7 Å². The van der Waals surface area contributed by atoms with Crippen LogP contribution in [0.5, 0.6) is 0 Å². The molecule has 0 saturated carbocycles. The molecule has 5 heteroatoms. The Morgan fingerprint density at radius 2 is 1.95 bits per heavy atom. The number of nitrogens with one attached hydrogen (secondary N) is 1. The van der Waals surface area contributed by atoms with Gasteiger partial charge in [0.1, 0.15) is 0 Å². The van der Waals surface area contributed by atoms with Crippen LogP contribution in [0.2, 0.25) is 0 Å². The molecule has 5 nitrogen and oxygen atoms in total. The predicted molar refractivity (Wildman–Crippen MR) is 82.7 cm³/mol. The van der Waals surface area contributed by atoms with Gasteiger partial charge in [0.2, 0.25) is 0 Å². The molecule has 3 aromatic rings. The largest absolute Gasteiger partial charge is 0.396 e. The maximum absolute atomic E-state index is 10.2. The summed E-state index contributed by atoms with van der Waals surface area (Å²) in [6.07, 6.45) is 2.00. The average molecular weight is 281 g/mol. The van der Waals surface area contributed by atoms with E-state index in [9.17, 15) is 4.79 Å². The topological polar surface area (TPSA) is 69.3 Å². The van der Waals surface area contributed by atoms with E-state index in [0.29, 0.717) is 17.8 Å². The van der Waals surface area contributed by atoms with E-state index in [4.69, 9.17) is 5.73 Å². The van der Waals surface area contributed by atoms with Gasteiger partial charge in [-0.2, -0.15) is 0 Å². The van der Waals surface area contributed by atoms with Gasteiger partial charge in [0.25, 0.3) is 0 Å². The van der Waals surface area contributed by atoms with Crippen molar-refractivity contribution < 1.29 is 9.63 Å². The average Bonchev–Trinajstić information content (AvgIpc) is 2.92. The number of carbonyl (C=O) groups is 1. The van der Waals surface area contributed by atoms with Crippen molar-refractivity contribution in [3.8, 4) is 0 Å². The van der Waals surface area contributed by atoms with Gasteiger partial charge in [0.05, 0.1) is 16.9 Å². The zero-order chi connectivity index (χ0) is 14.7. The van der Waals surface area contributed by atoms with Crippen molar-refractivity contribution in [2.45, 2.75) is 6.54 Å². The van der Waals surface area contributed by atoms with Gasteiger partial charge in [-0.25, -0.2) is 5.48 Å². The summed E-state index contributed by atoms with van der Waals surface area (Å²) in [4.78, 5) is 14.8. The first-order valence-corrected chi connectivity index (χ1v) is 6.56. The predicted octanol–water partition coefficient (Wildman–Crippen LogP) is 2.77. The second-order valence-corrected chi connectivity index (χ2v) is 4.70. The third-order valence-corrected chi connectivity index (χ3v) is 3.41. The van der Waals surface area contributed by atoms with Gasteiger partial charge < -0.3 is 15.1 Å². The maximum Gasteiger partial charge on any atom is 0.320 e. The lowest BCUT2D eigenvalue weighted by atomic mass is 10.2. The molecule has 0 bridgehead atoms. The number of nitrogens with zero attached hydrogens (tertiary/aromatic N) is 1. The molecule has 0 fully saturated rings. The molecule has 0 saturated heterocycles. The summed E-state index contributed by atoms with van der Waals surface area (Å²) in [6, 6.07) is 15.9. The van der Waals surface area contributed by atoms with Gasteiger partial charge in [-0.15, -0.1) is 0 Å². The van der Waals surface area contributed by atoms with Crippen LogP contribution in [0.1, 0.15) is 5.56 Å². The quantitative estimate of drug-likeness (QED) is 0.428. The molecule has 3 rings (SSSR count). The summed E-state index contributed by atoms with van der Waals surface area (Å²) in [5.41, 5.74) is 12.0. The molecule has 3 N–H and O–H groups in total. The molecular formula is C16H15N3O2. The van der Waals surface area contributed by atoms with Gasteiger partial charge in [-0.05, 0) is 23.8 Å². The number of nitrogens with two attached hydrogens (primary N) is 1. The summed E-state index contributed by atoms with van der Waals surface area (Å²) < 4.78 is 2.13. The second kappa shape index (κ2) is 5.58. The van der Waals surface area contributed by atoms with Crippen molar-refractivity contribution in [1.82, 2.24) is 4.57 Å². The summed E-state index contributed by atoms with van der Waals surface area (Å²) >= 11 is 0. The molecule has 0 atom stereocenters. The molecule has 0 radical (unpaired) electrons. The van der Waals surface area contributed by atoms with E-state index in [2.05, 4.69) is 27.0 Å². The van der Waals surface area contributed by atoms with Crippen LogP contribution in [0.3, 0.4) is 0 Å². The Bertz CT molecular complexity index is 766. The van der Waals surface area contributed by atoms with Gasteiger partial charge in [-0.1, -0.05) is 30.3 Å². The highest BCUT2D eigenvalue weighted by atomic mass is 16.7. The monoisotopic (exact) mass is 281 g/mol. The van der Waals surface area contributed by atoms with E-state index >= 15 is 0 Å². The first-order valence-electron chi connectivity index (χ1n) is 6.56. The van der Waals surface area contributed by atoms with Crippen LogP contribution in [-0.4, -0.2) is 11.0 Å². The van der Waals surface area contributed by atoms with E-state index in [1.54, 1.807) is 6.07 Å². The number of anilines is 2. The van der Waals surface area contributed by atoms with Gasteiger partial charge >= 0.3 is 6.47 Å². The van der Waals surface area contributed by atoms with Crippen LogP contribution in [-0.2, 0) is 16.2 Å². The fraction of sp³-hybridized carbons (Fsp3) is 0.0625. The standard InChI is InChI=1S/C16H15N3O2/c17-16-13-8-9-19(10-12-4-2-1-3-5-12)15(13)7-6-14(16)18-21-11-20/h1-9,11,18H,10,17H2. The lowest BCUT2D eigenvalue weighted by Gasteiger charge is -2.09. The number of hydrogen-bond acceptors (Lipinski definition) is 4. The van der Waals surface area contributed by atoms with Crippen molar-refractivity contribution in [3.05, 3.63) is 60.3 Å². The SMILES string of the molecule is Nc1c(NOC=O)ccc2c1ccn2Cc1ccccc1. The number of hydrogen-bond donors (Lipinski definition) is 2. The van der Waals surface area contributed by atoms with Gasteiger partial charge in [0.15, 0.2) is 0 Å². The van der Waals surface area contributed by atoms with Crippen LogP contribution in [0.4, 0.5) is 11.4 Å². The molecular weight excluding hydrogens is 266 g/mol. The molecule has 0 aliphatic heterocycles. The molecule has 0 spiro atoms. The highest BCUT2D eigenvalue weighted by Gasteiger charge is 2.08. The number of carbonyl (C=O) groups excluding carboxylic acids is 1. The zero-order valence-corrected chi connectivity index (χ0v) is 11.3. The van der Waals surface area contributed by atoms with Crippen molar-refractivity contribution >= 4 is 28.7 Å². The Balaban J connectivity index is 1.95. The minimum atomic E-state index is 0.324. The minimum Gasteiger partial charge on any atom is -0.396 e. The summed E-state index contributed by atoms with van der Waals surface area (Å²) in [6.45, 7) is 1.10. The summed E-state index contributed by atoms with van der Waals surface area (Å²) in [7, 11) is 0. The zero-order valence-electron chi connectivity index (χ0n) is 11.3. The molecule has 0 aliphatic carbocycles. The highest BCUT2D eigenvalue weighted by molar-refractivity contribution is 5.97. The van der Waals surface area contributed by atoms with E-state index in [-0.39, 0.29) is 0 Å². The molecule has 1 aromatic heterocycles. The summed E-state index contributed by atoms with van der Waals surface area (Å²) in [5.74, 6) is 0. The van der Waals surface area contributed by atoms with E-state index < -0.39 is 0 Å². The number of aromatic nitrogens is 1. The van der Waals surface area contributed by atoms with Crippen LogP contribution >= 0.6 is 0 Å². The highest BCUT2D eigenvalue weighted by Crippen LogP contribution is 2.29.